The number of nitrogens with two attached hydrogens (primary N) is 1. The van der Waals surface area contributed by atoms with Crippen LogP contribution in [0.5, 0.6) is 0 Å². The molecule has 0 fully saturated rings. The summed E-state index contributed by atoms with van der Waals surface area (Å²) in [7, 11) is 0. The van der Waals surface area contributed by atoms with Gasteiger partial charge in [-0.05, 0) is 18.2 Å². The standard InChI is InChI=1S/C14H9F2N3O2/c15-7-4-5-8(9(16)6-7)12-13(21-19-14(12)17)10-2-1-3-11(20)18-10/h1-6H,(H2,17,19)(H,18,20). The first-order chi connectivity index (χ1) is 10.1. The van der Waals surface area contributed by atoms with Crippen molar-refractivity contribution in [3.63, 3.8) is 0 Å². The Kier molecular flexibility index (Phi) is 3.02. The topological polar surface area (TPSA) is 84.9 Å². The van der Waals surface area contributed by atoms with E-state index < -0.39 is 11.6 Å². The Bertz CT molecular complexity index is 871. The van der Waals surface area contributed by atoms with Gasteiger partial charge in [0.25, 0.3) is 0 Å². The fourth-order valence-electron chi connectivity index (χ4n) is 2.02. The number of rotatable bonds is 2. The van der Waals surface area contributed by atoms with Crippen molar-refractivity contribution < 1.29 is 13.3 Å². The first kappa shape index (κ1) is 13.0. The molecule has 2 aromatic heterocycles. The van der Waals surface area contributed by atoms with Gasteiger partial charge in [-0.3, -0.25) is 4.79 Å². The maximum absolute atomic E-state index is 13.9. The zero-order chi connectivity index (χ0) is 15.0. The van der Waals surface area contributed by atoms with Gasteiger partial charge in [0.2, 0.25) is 5.56 Å². The number of hydrogen-bond donors (Lipinski definition) is 2. The molecule has 7 heteroatoms. The molecule has 106 valence electrons. The summed E-state index contributed by atoms with van der Waals surface area (Å²) in [5, 5.41) is 3.58. The first-order valence-electron chi connectivity index (χ1n) is 5.96. The largest absolute Gasteiger partial charge is 0.380 e. The molecule has 5 nitrogen and oxygen atoms in total. The SMILES string of the molecule is Nc1noc(-c2cccc(=O)[nH]2)c1-c1ccc(F)cc1F. The van der Waals surface area contributed by atoms with E-state index in [0.717, 1.165) is 12.1 Å². The highest BCUT2D eigenvalue weighted by atomic mass is 19.1. The number of aromatic nitrogens is 2. The second-order valence-electron chi connectivity index (χ2n) is 4.32. The minimum atomic E-state index is -0.801. The predicted molar refractivity (Wildman–Crippen MR) is 72.3 cm³/mol. The lowest BCUT2D eigenvalue weighted by molar-refractivity contribution is 0.434. The van der Waals surface area contributed by atoms with Crippen molar-refractivity contribution in [3.8, 4) is 22.6 Å². The predicted octanol–water partition coefficient (Wildman–Crippen LogP) is 2.56. The molecule has 0 aliphatic heterocycles. The summed E-state index contributed by atoms with van der Waals surface area (Å²) in [5.41, 5.74) is 5.84. The Morgan fingerprint density at radius 1 is 1.19 bits per heavy atom. The molecule has 0 radical (unpaired) electrons. The molecule has 0 unspecified atom stereocenters. The normalized spacial score (nSPS) is 10.8. The number of benzene rings is 1. The monoisotopic (exact) mass is 289 g/mol. The number of halogens is 2. The summed E-state index contributed by atoms with van der Waals surface area (Å²) in [6.07, 6.45) is 0. The van der Waals surface area contributed by atoms with Crippen LogP contribution < -0.4 is 11.3 Å². The molecule has 3 rings (SSSR count). The summed E-state index contributed by atoms with van der Waals surface area (Å²) in [6.45, 7) is 0. The zero-order valence-electron chi connectivity index (χ0n) is 10.6. The van der Waals surface area contributed by atoms with Crippen LogP contribution in [0.1, 0.15) is 0 Å². The van der Waals surface area contributed by atoms with Crippen LogP contribution >= 0.6 is 0 Å². The molecule has 0 aliphatic carbocycles. The Morgan fingerprint density at radius 3 is 2.71 bits per heavy atom. The number of nitrogens with zero attached hydrogens (tertiary/aromatic N) is 1. The number of pyridine rings is 1. The van der Waals surface area contributed by atoms with Crippen molar-refractivity contribution in [2.45, 2.75) is 0 Å². The van der Waals surface area contributed by atoms with E-state index in [1.807, 2.05) is 0 Å². The van der Waals surface area contributed by atoms with Gasteiger partial charge in [0.1, 0.15) is 11.6 Å². The number of nitrogens with one attached hydrogen (secondary N) is 1. The fraction of sp³-hybridized carbons (Fsp3) is 0. The highest BCUT2D eigenvalue weighted by molar-refractivity contribution is 5.85. The second kappa shape index (κ2) is 4.86. The molecule has 0 bridgehead atoms. The Morgan fingerprint density at radius 2 is 2.00 bits per heavy atom. The molecule has 3 N–H and O–H groups in total. The molecule has 21 heavy (non-hydrogen) atoms. The summed E-state index contributed by atoms with van der Waals surface area (Å²) in [6, 6.07) is 7.46. The van der Waals surface area contributed by atoms with Gasteiger partial charge >= 0.3 is 0 Å². The second-order valence-corrected chi connectivity index (χ2v) is 4.32. The smallest absolute Gasteiger partial charge is 0.248 e. The number of H-pyrrole nitrogens is 1. The van der Waals surface area contributed by atoms with E-state index in [-0.39, 0.29) is 28.3 Å². The van der Waals surface area contributed by atoms with Crippen LogP contribution in [-0.2, 0) is 0 Å². The maximum Gasteiger partial charge on any atom is 0.248 e. The summed E-state index contributed by atoms with van der Waals surface area (Å²) >= 11 is 0. The minimum absolute atomic E-state index is 0.0369. The average molecular weight is 289 g/mol. The van der Waals surface area contributed by atoms with E-state index in [4.69, 9.17) is 10.3 Å². The average Bonchev–Trinajstić information content (AvgIpc) is 2.81. The molecule has 0 spiro atoms. The Labute approximate surface area is 117 Å². The van der Waals surface area contributed by atoms with Crippen molar-refractivity contribution >= 4 is 5.82 Å². The molecule has 0 aliphatic rings. The minimum Gasteiger partial charge on any atom is -0.380 e. The Hall–Kier alpha value is -2.96. The van der Waals surface area contributed by atoms with Crippen LogP contribution in [-0.4, -0.2) is 10.1 Å². The van der Waals surface area contributed by atoms with Crippen LogP contribution in [0.3, 0.4) is 0 Å². The van der Waals surface area contributed by atoms with Gasteiger partial charge in [-0.2, -0.15) is 0 Å². The van der Waals surface area contributed by atoms with E-state index in [1.54, 1.807) is 6.07 Å². The number of hydrogen-bond acceptors (Lipinski definition) is 4. The van der Waals surface area contributed by atoms with Gasteiger partial charge in [0, 0.05) is 17.7 Å². The highest BCUT2D eigenvalue weighted by Crippen LogP contribution is 2.36. The van der Waals surface area contributed by atoms with Gasteiger partial charge in [0.15, 0.2) is 11.6 Å². The van der Waals surface area contributed by atoms with E-state index in [1.165, 1.54) is 18.2 Å². The molecule has 1 aromatic carbocycles. The van der Waals surface area contributed by atoms with E-state index in [9.17, 15) is 13.6 Å². The van der Waals surface area contributed by atoms with Gasteiger partial charge in [-0.25, -0.2) is 8.78 Å². The maximum atomic E-state index is 13.9. The van der Waals surface area contributed by atoms with Crippen molar-refractivity contribution in [1.82, 2.24) is 10.1 Å². The van der Waals surface area contributed by atoms with Crippen molar-refractivity contribution in [3.05, 3.63) is 58.4 Å². The molecule has 0 atom stereocenters. The van der Waals surface area contributed by atoms with E-state index >= 15 is 0 Å². The molecular formula is C14H9F2N3O2. The summed E-state index contributed by atoms with van der Waals surface area (Å²) in [5.74, 6) is -1.46. The van der Waals surface area contributed by atoms with Crippen LogP contribution in [0.2, 0.25) is 0 Å². The quantitative estimate of drug-likeness (QED) is 0.759. The molecule has 0 amide bonds. The number of nitrogen functional groups attached to an aromatic ring is 1. The van der Waals surface area contributed by atoms with Gasteiger partial charge < -0.3 is 15.2 Å². The van der Waals surface area contributed by atoms with Crippen LogP contribution in [0.25, 0.3) is 22.6 Å². The zero-order valence-corrected chi connectivity index (χ0v) is 10.6. The Balaban J connectivity index is 2.24. The van der Waals surface area contributed by atoms with Gasteiger partial charge in [-0.15, -0.1) is 0 Å². The molecule has 3 aromatic rings. The van der Waals surface area contributed by atoms with Crippen molar-refractivity contribution in [1.29, 1.82) is 0 Å². The van der Waals surface area contributed by atoms with Crippen LogP contribution in [0, 0.1) is 11.6 Å². The van der Waals surface area contributed by atoms with E-state index in [2.05, 4.69) is 10.1 Å². The number of anilines is 1. The molecular weight excluding hydrogens is 280 g/mol. The third kappa shape index (κ3) is 2.29. The van der Waals surface area contributed by atoms with Crippen LogP contribution in [0.4, 0.5) is 14.6 Å². The lowest BCUT2D eigenvalue weighted by atomic mass is 10.0. The highest BCUT2D eigenvalue weighted by Gasteiger charge is 2.21. The molecule has 0 saturated carbocycles. The van der Waals surface area contributed by atoms with Crippen LogP contribution in [0.15, 0.2) is 45.7 Å². The lowest BCUT2D eigenvalue weighted by Gasteiger charge is -2.04. The lowest BCUT2D eigenvalue weighted by Crippen LogP contribution is -2.03. The van der Waals surface area contributed by atoms with E-state index in [0.29, 0.717) is 5.69 Å². The summed E-state index contributed by atoms with van der Waals surface area (Å²) < 4.78 is 32.0. The third-order valence-electron chi connectivity index (χ3n) is 2.93. The molecule has 2 heterocycles. The summed E-state index contributed by atoms with van der Waals surface area (Å²) in [4.78, 5) is 13.9. The van der Waals surface area contributed by atoms with Gasteiger partial charge in [-0.1, -0.05) is 11.2 Å². The van der Waals surface area contributed by atoms with Gasteiger partial charge in [0.05, 0.1) is 11.3 Å². The third-order valence-corrected chi connectivity index (χ3v) is 2.93. The fourth-order valence-corrected chi connectivity index (χ4v) is 2.02. The first-order valence-corrected chi connectivity index (χ1v) is 5.96. The molecule has 0 saturated heterocycles. The number of aromatic amines is 1. The van der Waals surface area contributed by atoms with Crippen molar-refractivity contribution in [2.75, 3.05) is 5.73 Å². The van der Waals surface area contributed by atoms with Crippen molar-refractivity contribution in [2.24, 2.45) is 0 Å².